The van der Waals surface area contributed by atoms with Crippen molar-refractivity contribution in [2.75, 3.05) is 39.3 Å². The fourth-order valence-electron chi connectivity index (χ4n) is 3.68. The Bertz CT molecular complexity index is 192. The first kappa shape index (κ1) is 20.7. The van der Waals surface area contributed by atoms with Gasteiger partial charge in [0.2, 0.25) is 0 Å². The monoisotopic (exact) mass is 393 g/mol. The van der Waals surface area contributed by atoms with Gasteiger partial charge in [0.15, 0.2) is 0 Å². The summed E-state index contributed by atoms with van der Waals surface area (Å²) in [5.41, 5.74) is 0. The van der Waals surface area contributed by atoms with Gasteiger partial charge in [-0.05, 0) is 0 Å². The number of rotatable bonds is 12. The molecule has 0 aromatic rings. The van der Waals surface area contributed by atoms with Crippen LogP contribution in [-0.2, 0) is 0 Å². The summed E-state index contributed by atoms with van der Waals surface area (Å²) >= 11 is -2.63. The topological polar surface area (TPSA) is 9.72 Å². The van der Waals surface area contributed by atoms with E-state index in [1.54, 1.807) is 0 Å². The Balaban J connectivity index is 5.70. The molecule has 3 nitrogen and oxygen atoms in total. The van der Waals surface area contributed by atoms with E-state index >= 15 is 0 Å². The van der Waals surface area contributed by atoms with Crippen LogP contribution in [0.5, 0.6) is 0 Å². The van der Waals surface area contributed by atoms with E-state index in [1.165, 1.54) is 56.5 Å². The second kappa shape index (κ2) is 11.3. The Labute approximate surface area is 133 Å². The normalized spacial score (nSPS) is 12.9. The molecule has 0 aliphatic heterocycles. The summed E-state index contributed by atoms with van der Waals surface area (Å²) in [5, 5.41) is 0. The van der Waals surface area contributed by atoms with Crippen LogP contribution in [0.15, 0.2) is 0 Å². The minimum absolute atomic E-state index is 1.21. The molecule has 0 spiro atoms. The van der Waals surface area contributed by atoms with Gasteiger partial charge in [0.1, 0.15) is 0 Å². The van der Waals surface area contributed by atoms with E-state index in [2.05, 4.69) is 57.8 Å². The van der Waals surface area contributed by atoms with Gasteiger partial charge in [-0.1, -0.05) is 0 Å². The summed E-state index contributed by atoms with van der Waals surface area (Å²) in [6.07, 6.45) is 2.71. The summed E-state index contributed by atoms with van der Waals surface area (Å²) < 4.78 is 10.1. The minimum atomic E-state index is -2.63. The summed E-state index contributed by atoms with van der Waals surface area (Å²) in [5.74, 6) is 0. The van der Waals surface area contributed by atoms with Crippen molar-refractivity contribution in [1.29, 1.82) is 0 Å². The molecular formula is C16H39N3Sn. The Hall–Kier alpha value is 0.679. The predicted molar refractivity (Wildman–Crippen MR) is 94.2 cm³/mol. The van der Waals surface area contributed by atoms with Crippen LogP contribution < -0.4 is 0 Å². The van der Waals surface area contributed by atoms with Crippen LogP contribution in [0.3, 0.4) is 0 Å². The molecule has 20 heavy (non-hydrogen) atoms. The van der Waals surface area contributed by atoms with E-state index in [9.17, 15) is 0 Å². The van der Waals surface area contributed by atoms with E-state index in [0.717, 1.165) is 0 Å². The number of unbranched alkanes of at least 4 members (excludes halogenated alkanes) is 1. The fourth-order valence-corrected chi connectivity index (χ4v) is 20.8. The van der Waals surface area contributed by atoms with Crippen molar-refractivity contribution >= 4 is 19.2 Å². The zero-order chi connectivity index (χ0) is 15.6. The molecule has 0 atom stereocenters. The van der Waals surface area contributed by atoms with Gasteiger partial charge in [-0.25, -0.2) is 0 Å². The standard InChI is InChI=1S/3C4H10N.C4H9.Sn/c3*1-3-5-4-2;1-3-4-2;/h3*3-4H2,1-2H3;1,3-4H2,2H3;/q3*-1;;+3. The first-order chi connectivity index (χ1) is 9.62. The maximum absolute atomic E-state index is 2.88. The summed E-state index contributed by atoms with van der Waals surface area (Å²) in [6.45, 7) is 23.7. The van der Waals surface area contributed by atoms with Crippen molar-refractivity contribution in [1.82, 2.24) is 9.36 Å². The zero-order valence-corrected chi connectivity index (χ0v) is 18.1. The number of nitrogens with zero attached hydrogens (tertiary/aromatic N) is 3. The van der Waals surface area contributed by atoms with Crippen molar-refractivity contribution in [3.8, 4) is 0 Å². The van der Waals surface area contributed by atoms with E-state index < -0.39 is 19.2 Å². The molecule has 0 saturated carbocycles. The van der Waals surface area contributed by atoms with Crippen molar-refractivity contribution in [2.24, 2.45) is 0 Å². The quantitative estimate of drug-likeness (QED) is 0.469. The van der Waals surface area contributed by atoms with Gasteiger partial charge in [-0.15, -0.1) is 0 Å². The van der Waals surface area contributed by atoms with Gasteiger partial charge < -0.3 is 0 Å². The van der Waals surface area contributed by atoms with Gasteiger partial charge in [0, 0.05) is 0 Å². The molecule has 122 valence electrons. The van der Waals surface area contributed by atoms with Crippen LogP contribution in [0.2, 0.25) is 4.44 Å². The Morgan fingerprint density at radius 3 is 1.05 bits per heavy atom. The average Bonchev–Trinajstić information content (AvgIpc) is 2.48. The van der Waals surface area contributed by atoms with Gasteiger partial charge in [0.25, 0.3) is 0 Å². The third-order valence-corrected chi connectivity index (χ3v) is 21.7. The molecular weight excluding hydrogens is 353 g/mol. The van der Waals surface area contributed by atoms with Crippen molar-refractivity contribution in [3.63, 3.8) is 0 Å². The maximum atomic E-state index is 2.88. The molecule has 0 saturated heterocycles. The molecule has 0 bridgehead atoms. The van der Waals surface area contributed by atoms with Crippen LogP contribution in [0.25, 0.3) is 0 Å². The summed E-state index contributed by atoms with van der Waals surface area (Å²) in [4.78, 5) is 0. The molecule has 0 amide bonds. The molecule has 0 heterocycles. The first-order valence-electron chi connectivity index (χ1n) is 8.87. The van der Waals surface area contributed by atoms with E-state index in [-0.39, 0.29) is 0 Å². The third-order valence-electron chi connectivity index (χ3n) is 4.68. The first-order valence-corrected chi connectivity index (χ1v) is 14.7. The zero-order valence-electron chi connectivity index (χ0n) is 15.2. The molecule has 0 rings (SSSR count). The molecule has 0 aromatic heterocycles. The van der Waals surface area contributed by atoms with E-state index in [0.29, 0.717) is 0 Å². The number of hydrogen-bond donors (Lipinski definition) is 0. The molecule has 0 unspecified atom stereocenters. The van der Waals surface area contributed by atoms with Crippen LogP contribution in [-0.4, -0.2) is 67.8 Å². The Kier molecular flexibility index (Phi) is 11.7. The average molecular weight is 392 g/mol. The van der Waals surface area contributed by atoms with E-state index in [1.807, 2.05) is 0 Å². The molecule has 0 aromatic carbocycles. The van der Waals surface area contributed by atoms with Crippen molar-refractivity contribution in [2.45, 2.75) is 65.7 Å². The summed E-state index contributed by atoms with van der Waals surface area (Å²) in [7, 11) is 0. The molecule has 4 heteroatoms. The fraction of sp³-hybridized carbons (Fsp3) is 1.00. The van der Waals surface area contributed by atoms with Crippen LogP contribution in [0.4, 0.5) is 0 Å². The van der Waals surface area contributed by atoms with Gasteiger partial charge in [-0.3, -0.25) is 0 Å². The van der Waals surface area contributed by atoms with Gasteiger partial charge >= 0.3 is 134 Å². The molecule has 0 fully saturated rings. The third kappa shape index (κ3) is 4.59. The van der Waals surface area contributed by atoms with Crippen LogP contribution >= 0.6 is 0 Å². The second-order valence-electron chi connectivity index (χ2n) is 5.39. The van der Waals surface area contributed by atoms with Crippen LogP contribution in [0, 0.1) is 0 Å². The molecule has 0 aliphatic carbocycles. The summed E-state index contributed by atoms with van der Waals surface area (Å²) in [6, 6.07) is 0. The second-order valence-corrected chi connectivity index (χ2v) is 16.7. The van der Waals surface area contributed by atoms with Crippen molar-refractivity contribution < 1.29 is 0 Å². The van der Waals surface area contributed by atoms with Crippen LogP contribution in [0.1, 0.15) is 61.3 Å². The molecule has 0 aliphatic rings. The predicted octanol–water partition coefficient (Wildman–Crippen LogP) is 3.75. The SMILES string of the molecule is CCC[CH2][Sn]([N](CC)CC)([N](CC)CC)[N](CC)CC. The van der Waals surface area contributed by atoms with E-state index in [4.69, 9.17) is 0 Å². The molecule has 0 N–H and O–H groups in total. The number of hydrogen-bond acceptors (Lipinski definition) is 3. The molecule has 0 radical (unpaired) electrons. The Morgan fingerprint density at radius 1 is 0.550 bits per heavy atom. The van der Waals surface area contributed by atoms with Gasteiger partial charge in [0.05, 0.1) is 0 Å². The van der Waals surface area contributed by atoms with Crippen molar-refractivity contribution in [3.05, 3.63) is 0 Å². The van der Waals surface area contributed by atoms with Gasteiger partial charge in [-0.2, -0.15) is 0 Å². The Morgan fingerprint density at radius 2 is 0.850 bits per heavy atom.